The minimum absolute atomic E-state index is 0.00111. The van der Waals surface area contributed by atoms with Crippen molar-refractivity contribution in [3.63, 3.8) is 0 Å². The van der Waals surface area contributed by atoms with E-state index in [1.54, 1.807) is 11.3 Å². The Morgan fingerprint density at radius 2 is 2.08 bits per heavy atom. The fourth-order valence-corrected chi connectivity index (χ4v) is 4.09. The molecule has 5 heteroatoms. The second kappa shape index (κ2) is 6.93. The minimum Gasteiger partial charge on any atom is -0.484 e. The first-order valence-electron chi connectivity index (χ1n) is 8.38. The van der Waals surface area contributed by atoms with Gasteiger partial charge in [-0.25, -0.2) is 4.98 Å². The van der Waals surface area contributed by atoms with Crippen LogP contribution in [0.3, 0.4) is 0 Å². The third-order valence-electron chi connectivity index (χ3n) is 4.52. The normalized spacial score (nSPS) is 17.2. The topological polar surface area (TPSA) is 51.2 Å². The second-order valence-electron chi connectivity index (χ2n) is 7.34. The zero-order valence-electron chi connectivity index (χ0n) is 14.5. The Balaban J connectivity index is 1.57. The molecule has 3 rings (SSSR count). The number of carbonyl (C=O) groups excluding carboxylic acids is 1. The molecule has 1 N–H and O–H groups in total. The maximum atomic E-state index is 12.1. The third-order valence-corrected chi connectivity index (χ3v) is 5.56. The van der Waals surface area contributed by atoms with Crippen LogP contribution in [0.15, 0.2) is 30.3 Å². The van der Waals surface area contributed by atoms with E-state index < -0.39 is 0 Å². The molecule has 0 radical (unpaired) electrons. The van der Waals surface area contributed by atoms with E-state index in [0.29, 0.717) is 22.2 Å². The van der Waals surface area contributed by atoms with Crippen LogP contribution in [0.2, 0.25) is 0 Å². The van der Waals surface area contributed by atoms with E-state index in [1.165, 1.54) is 11.3 Å². The van der Waals surface area contributed by atoms with Gasteiger partial charge in [-0.1, -0.05) is 39.0 Å². The summed E-state index contributed by atoms with van der Waals surface area (Å²) in [4.78, 5) is 18.0. The van der Waals surface area contributed by atoms with Crippen LogP contribution in [0, 0.1) is 11.3 Å². The van der Waals surface area contributed by atoms with Crippen molar-refractivity contribution in [2.24, 2.45) is 11.3 Å². The van der Waals surface area contributed by atoms with Gasteiger partial charge in [0.05, 0.1) is 5.69 Å². The summed E-state index contributed by atoms with van der Waals surface area (Å²) in [5.41, 5.74) is 1.47. The molecule has 4 nitrogen and oxygen atoms in total. The summed E-state index contributed by atoms with van der Waals surface area (Å²) in [7, 11) is 0. The average molecular weight is 344 g/mol. The number of aromatic nitrogens is 1. The lowest BCUT2D eigenvalue weighted by Crippen LogP contribution is -2.26. The number of anilines is 1. The number of ether oxygens (including phenoxy) is 1. The molecule has 24 heavy (non-hydrogen) atoms. The lowest BCUT2D eigenvalue weighted by atomic mass is 9.73. The van der Waals surface area contributed by atoms with Crippen molar-refractivity contribution in [2.45, 2.75) is 40.0 Å². The van der Waals surface area contributed by atoms with E-state index in [2.05, 4.69) is 31.1 Å². The average Bonchev–Trinajstić information content (AvgIpc) is 2.94. The fraction of sp³-hybridized carbons (Fsp3) is 0.474. The van der Waals surface area contributed by atoms with Crippen molar-refractivity contribution in [1.82, 2.24) is 4.98 Å². The van der Waals surface area contributed by atoms with Crippen LogP contribution in [0.5, 0.6) is 5.75 Å². The smallest absolute Gasteiger partial charge is 0.264 e. The molecule has 1 aromatic heterocycles. The highest BCUT2D eigenvalue weighted by Gasteiger charge is 2.30. The Hall–Kier alpha value is -1.88. The largest absolute Gasteiger partial charge is 0.484 e. The van der Waals surface area contributed by atoms with Gasteiger partial charge >= 0.3 is 0 Å². The molecule has 0 bridgehead atoms. The van der Waals surface area contributed by atoms with E-state index in [-0.39, 0.29) is 12.5 Å². The summed E-state index contributed by atoms with van der Waals surface area (Å²) >= 11 is 1.61. The number of benzene rings is 1. The second-order valence-corrected chi connectivity index (χ2v) is 8.43. The van der Waals surface area contributed by atoms with Gasteiger partial charge in [-0.15, -0.1) is 11.3 Å². The number of rotatable bonds is 4. The molecule has 128 valence electrons. The molecule has 0 fully saturated rings. The summed E-state index contributed by atoms with van der Waals surface area (Å²) in [6.45, 7) is 6.90. The van der Waals surface area contributed by atoms with Gasteiger partial charge in [-0.3, -0.25) is 10.1 Å². The van der Waals surface area contributed by atoms with Gasteiger partial charge in [0.1, 0.15) is 5.75 Å². The highest BCUT2D eigenvalue weighted by molar-refractivity contribution is 7.15. The fourth-order valence-electron chi connectivity index (χ4n) is 2.99. The molecule has 1 heterocycles. The quantitative estimate of drug-likeness (QED) is 0.899. The van der Waals surface area contributed by atoms with E-state index in [0.717, 1.165) is 18.5 Å². The number of aryl methyl sites for hydroxylation is 1. The van der Waals surface area contributed by atoms with Gasteiger partial charge in [0.2, 0.25) is 0 Å². The number of nitrogens with one attached hydrogen (secondary N) is 1. The zero-order chi connectivity index (χ0) is 17.2. The molecule has 2 aromatic rings. The molecule has 1 aromatic carbocycles. The van der Waals surface area contributed by atoms with Crippen LogP contribution >= 0.6 is 11.3 Å². The molecule has 0 spiro atoms. The lowest BCUT2D eigenvalue weighted by Gasteiger charge is -2.33. The van der Waals surface area contributed by atoms with Gasteiger partial charge in [0, 0.05) is 4.88 Å². The van der Waals surface area contributed by atoms with E-state index in [1.807, 2.05) is 30.3 Å². The molecule has 1 aliphatic carbocycles. The number of fused-ring (bicyclic) bond motifs is 1. The van der Waals surface area contributed by atoms with Crippen molar-refractivity contribution in [3.8, 4) is 5.75 Å². The Bertz CT molecular complexity index is 704. The maximum absolute atomic E-state index is 12.1. The van der Waals surface area contributed by atoms with E-state index >= 15 is 0 Å². The number of para-hydroxylation sites is 1. The number of nitrogens with zero attached hydrogens (tertiary/aromatic N) is 1. The molecule has 0 saturated carbocycles. The maximum Gasteiger partial charge on any atom is 0.264 e. The van der Waals surface area contributed by atoms with Gasteiger partial charge < -0.3 is 4.74 Å². The third kappa shape index (κ3) is 4.15. The monoisotopic (exact) mass is 344 g/mol. The van der Waals surface area contributed by atoms with Gasteiger partial charge in [0.25, 0.3) is 5.91 Å². The zero-order valence-corrected chi connectivity index (χ0v) is 15.3. The predicted octanol–water partition coefficient (Wildman–Crippen LogP) is 4.31. The van der Waals surface area contributed by atoms with Crippen LogP contribution in [0.25, 0.3) is 0 Å². The molecule has 0 aliphatic heterocycles. The standard InChI is InChI=1S/C19H24N2O2S/c1-19(2,3)13-9-10-15-16(11-13)24-18(20-15)21-17(22)12-23-14-7-5-4-6-8-14/h4-8,13H,9-12H2,1-3H3,(H,20,21,22)/t13-/m0/s1. The Labute approximate surface area is 147 Å². The molecule has 1 amide bonds. The summed E-state index contributed by atoms with van der Waals surface area (Å²) in [6, 6.07) is 9.35. The first-order valence-corrected chi connectivity index (χ1v) is 9.20. The lowest BCUT2D eigenvalue weighted by molar-refractivity contribution is -0.118. The molecule has 1 aliphatic rings. The summed E-state index contributed by atoms with van der Waals surface area (Å²) in [5.74, 6) is 1.20. The molecule has 0 saturated heterocycles. The van der Waals surface area contributed by atoms with E-state index in [4.69, 9.17) is 4.74 Å². The highest BCUT2D eigenvalue weighted by atomic mass is 32.1. The van der Waals surface area contributed by atoms with Crippen molar-refractivity contribution in [1.29, 1.82) is 0 Å². The first-order chi connectivity index (χ1) is 11.4. The number of hydrogen-bond acceptors (Lipinski definition) is 4. The number of amides is 1. The summed E-state index contributed by atoms with van der Waals surface area (Å²) < 4.78 is 5.47. The van der Waals surface area contributed by atoms with Crippen LogP contribution in [-0.4, -0.2) is 17.5 Å². The predicted molar refractivity (Wildman–Crippen MR) is 97.7 cm³/mol. The Morgan fingerprint density at radius 3 is 2.79 bits per heavy atom. The Morgan fingerprint density at radius 1 is 1.33 bits per heavy atom. The van der Waals surface area contributed by atoms with Crippen LogP contribution in [-0.2, 0) is 17.6 Å². The van der Waals surface area contributed by atoms with Crippen molar-refractivity contribution in [3.05, 3.63) is 40.9 Å². The molecular weight excluding hydrogens is 320 g/mol. The minimum atomic E-state index is -0.169. The Kier molecular flexibility index (Phi) is 4.90. The van der Waals surface area contributed by atoms with Gasteiger partial charge in [0.15, 0.2) is 11.7 Å². The van der Waals surface area contributed by atoms with Crippen LogP contribution in [0.4, 0.5) is 5.13 Å². The van der Waals surface area contributed by atoms with Crippen molar-refractivity contribution < 1.29 is 9.53 Å². The van der Waals surface area contributed by atoms with Crippen LogP contribution in [0.1, 0.15) is 37.8 Å². The van der Waals surface area contributed by atoms with Crippen LogP contribution < -0.4 is 10.1 Å². The SMILES string of the molecule is CC(C)(C)[C@H]1CCc2nc(NC(=O)COc3ccccc3)sc2C1. The first kappa shape index (κ1) is 17.0. The molecule has 1 atom stereocenters. The highest BCUT2D eigenvalue weighted by Crippen LogP contribution is 2.40. The molecule has 0 unspecified atom stereocenters. The van der Waals surface area contributed by atoms with Gasteiger partial charge in [-0.2, -0.15) is 0 Å². The van der Waals surface area contributed by atoms with E-state index in [9.17, 15) is 4.79 Å². The number of thiazole rings is 1. The van der Waals surface area contributed by atoms with Crippen molar-refractivity contribution >= 4 is 22.4 Å². The number of carbonyl (C=O) groups is 1. The summed E-state index contributed by atoms with van der Waals surface area (Å²) in [6.07, 6.45) is 3.24. The molecular formula is C19H24N2O2S. The summed E-state index contributed by atoms with van der Waals surface area (Å²) in [5, 5.41) is 3.56. The van der Waals surface area contributed by atoms with Gasteiger partial charge in [-0.05, 0) is 42.7 Å². The number of hydrogen-bond donors (Lipinski definition) is 1. The van der Waals surface area contributed by atoms with Crippen molar-refractivity contribution in [2.75, 3.05) is 11.9 Å².